The maximum atomic E-state index is 4.77. The van der Waals surface area contributed by atoms with Crippen molar-refractivity contribution in [1.29, 1.82) is 0 Å². The number of nitrogens with zero attached hydrogens (tertiary/aromatic N) is 3. The van der Waals surface area contributed by atoms with Crippen LogP contribution in [0.2, 0.25) is 0 Å². The van der Waals surface area contributed by atoms with E-state index < -0.39 is 0 Å². The Morgan fingerprint density at radius 2 is 2.05 bits per heavy atom. The second kappa shape index (κ2) is 6.47. The Kier molecular flexibility index (Phi) is 4.91. The van der Waals surface area contributed by atoms with Gasteiger partial charge in [0.25, 0.3) is 0 Å². The number of halogens is 1. The predicted octanol–water partition coefficient (Wildman–Crippen LogP) is 3.69. The number of rotatable bonds is 4. The molecule has 0 spiro atoms. The third kappa shape index (κ3) is 3.26. The van der Waals surface area contributed by atoms with E-state index in [1.165, 1.54) is 0 Å². The van der Waals surface area contributed by atoms with E-state index in [1.54, 1.807) is 6.20 Å². The second-order valence-corrected chi connectivity index (χ2v) is 6.27. The zero-order valence-corrected chi connectivity index (χ0v) is 14.4. The van der Waals surface area contributed by atoms with Crippen molar-refractivity contribution < 1.29 is 0 Å². The summed E-state index contributed by atoms with van der Waals surface area (Å²) in [5.41, 5.74) is 3.23. The fraction of sp³-hybridized carbons (Fsp3) is 0.400. The smallest absolute Gasteiger partial charge is 0.162 e. The van der Waals surface area contributed by atoms with Crippen LogP contribution in [0.4, 0.5) is 5.82 Å². The molecule has 106 valence electrons. The molecule has 2 rings (SSSR count). The molecule has 5 heteroatoms. The minimum Gasteiger partial charge on any atom is -0.372 e. The number of hydrogen-bond acceptors (Lipinski definition) is 4. The molecule has 0 aliphatic rings. The average Bonchev–Trinajstić information content (AvgIpc) is 2.41. The highest BCUT2D eigenvalue weighted by molar-refractivity contribution is 14.1. The molecule has 0 saturated carbocycles. The lowest BCUT2D eigenvalue weighted by Gasteiger charge is -2.13. The normalized spacial score (nSPS) is 10.9. The van der Waals surface area contributed by atoms with Gasteiger partial charge in [-0.2, -0.15) is 0 Å². The number of pyridine rings is 1. The third-order valence-electron chi connectivity index (χ3n) is 3.02. The monoisotopic (exact) mass is 382 g/mol. The van der Waals surface area contributed by atoms with Crippen LogP contribution < -0.4 is 5.32 Å². The van der Waals surface area contributed by atoms with Crippen molar-refractivity contribution in [3.8, 4) is 11.4 Å². The van der Waals surface area contributed by atoms with Crippen LogP contribution in [0.1, 0.15) is 25.1 Å². The molecule has 0 aliphatic carbocycles. The highest BCUT2D eigenvalue weighted by Crippen LogP contribution is 2.26. The van der Waals surface area contributed by atoms with Gasteiger partial charge in [0.2, 0.25) is 0 Å². The first-order valence-corrected chi connectivity index (χ1v) is 7.76. The number of aryl methyl sites for hydroxylation is 1. The molecule has 0 bridgehead atoms. The van der Waals surface area contributed by atoms with Crippen molar-refractivity contribution in [2.75, 3.05) is 12.4 Å². The number of anilines is 1. The SMILES string of the molecule is CNc1nc(-c2ccncc2C)nc(CC(C)C)c1I. The Balaban J connectivity index is 2.57. The fourth-order valence-electron chi connectivity index (χ4n) is 2.03. The molecule has 20 heavy (non-hydrogen) atoms. The molecular weight excluding hydrogens is 363 g/mol. The Labute approximate surface area is 133 Å². The summed E-state index contributed by atoms with van der Waals surface area (Å²) >= 11 is 2.32. The molecule has 0 unspecified atom stereocenters. The van der Waals surface area contributed by atoms with Crippen LogP contribution in [-0.4, -0.2) is 22.0 Å². The van der Waals surface area contributed by atoms with E-state index in [9.17, 15) is 0 Å². The standard InChI is InChI=1S/C15H19IN4/c1-9(2)7-12-13(16)15(17-4)20-14(19-12)11-5-6-18-8-10(11)3/h5-6,8-9H,7H2,1-4H3,(H,17,19,20). The van der Waals surface area contributed by atoms with E-state index in [0.717, 1.165) is 38.5 Å². The van der Waals surface area contributed by atoms with Crippen LogP contribution in [0.5, 0.6) is 0 Å². The largest absolute Gasteiger partial charge is 0.372 e. The molecule has 0 radical (unpaired) electrons. The molecule has 2 aromatic rings. The third-order valence-corrected chi connectivity index (χ3v) is 4.15. The summed E-state index contributed by atoms with van der Waals surface area (Å²) < 4.78 is 1.11. The summed E-state index contributed by atoms with van der Waals surface area (Å²) in [5, 5.41) is 3.16. The average molecular weight is 382 g/mol. The van der Waals surface area contributed by atoms with Crippen molar-refractivity contribution in [1.82, 2.24) is 15.0 Å². The lowest BCUT2D eigenvalue weighted by molar-refractivity contribution is 0.632. The quantitative estimate of drug-likeness (QED) is 0.820. The van der Waals surface area contributed by atoms with E-state index in [0.29, 0.717) is 5.92 Å². The van der Waals surface area contributed by atoms with Crippen molar-refractivity contribution in [3.63, 3.8) is 0 Å². The van der Waals surface area contributed by atoms with Gasteiger partial charge in [-0.05, 0) is 53.5 Å². The van der Waals surface area contributed by atoms with Crippen molar-refractivity contribution >= 4 is 28.4 Å². The molecule has 2 aromatic heterocycles. The Bertz CT molecular complexity index is 611. The van der Waals surface area contributed by atoms with E-state index >= 15 is 0 Å². The minimum absolute atomic E-state index is 0.564. The molecule has 1 N–H and O–H groups in total. The fourth-order valence-corrected chi connectivity index (χ4v) is 2.76. The van der Waals surface area contributed by atoms with Crippen molar-refractivity contribution in [3.05, 3.63) is 33.3 Å². The van der Waals surface area contributed by atoms with Crippen LogP contribution in [0.15, 0.2) is 18.5 Å². The van der Waals surface area contributed by atoms with Crippen LogP contribution in [0.25, 0.3) is 11.4 Å². The van der Waals surface area contributed by atoms with Gasteiger partial charge in [-0.1, -0.05) is 13.8 Å². The van der Waals surface area contributed by atoms with E-state index in [4.69, 9.17) is 4.98 Å². The van der Waals surface area contributed by atoms with E-state index in [1.807, 2.05) is 26.2 Å². The van der Waals surface area contributed by atoms with Crippen molar-refractivity contribution in [2.24, 2.45) is 5.92 Å². The number of aromatic nitrogens is 3. The number of nitrogens with one attached hydrogen (secondary N) is 1. The first-order chi connectivity index (χ1) is 9.52. The molecule has 0 atom stereocenters. The maximum Gasteiger partial charge on any atom is 0.162 e. The lowest BCUT2D eigenvalue weighted by Crippen LogP contribution is -2.08. The van der Waals surface area contributed by atoms with Crippen molar-refractivity contribution in [2.45, 2.75) is 27.2 Å². The van der Waals surface area contributed by atoms with E-state index in [-0.39, 0.29) is 0 Å². The lowest BCUT2D eigenvalue weighted by atomic mass is 10.1. The predicted molar refractivity (Wildman–Crippen MR) is 90.8 cm³/mol. The molecule has 0 fully saturated rings. The van der Waals surface area contributed by atoms with Gasteiger partial charge in [-0.15, -0.1) is 0 Å². The Morgan fingerprint density at radius 1 is 1.30 bits per heavy atom. The van der Waals surface area contributed by atoms with Gasteiger partial charge in [-0.25, -0.2) is 9.97 Å². The Morgan fingerprint density at radius 3 is 2.65 bits per heavy atom. The molecule has 0 amide bonds. The van der Waals surface area contributed by atoms with Gasteiger partial charge < -0.3 is 5.32 Å². The topological polar surface area (TPSA) is 50.7 Å². The van der Waals surface area contributed by atoms with Gasteiger partial charge in [0.1, 0.15) is 5.82 Å². The number of hydrogen-bond donors (Lipinski definition) is 1. The van der Waals surface area contributed by atoms with Gasteiger partial charge in [0.15, 0.2) is 5.82 Å². The van der Waals surface area contributed by atoms with Gasteiger partial charge in [0.05, 0.1) is 9.26 Å². The highest BCUT2D eigenvalue weighted by atomic mass is 127. The first kappa shape index (κ1) is 15.2. The molecule has 0 saturated heterocycles. The van der Waals surface area contributed by atoms with Gasteiger partial charge >= 0.3 is 0 Å². The zero-order valence-electron chi connectivity index (χ0n) is 12.2. The second-order valence-electron chi connectivity index (χ2n) is 5.20. The van der Waals surface area contributed by atoms with Crippen LogP contribution in [0, 0.1) is 16.4 Å². The summed E-state index contributed by atoms with van der Waals surface area (Å²) in [6.45, 7) is 6.44. The molecule has 2 heterocycles. The maximum absolute atomic E-state index is 4.77. The Hall–Kier alpha value is -1.24. The zero-order chi connectivity index (χ0) is 14.7. The van der Waals surface area contributed by atoms with Crippen LogP contribution in [-0.2, 0) is 6.42 Å². The minimum atomic E-state index is 0.564. The van der Waals surface area contributed by atoms with Crippen LogP contribution in [0.3, 0.4) is 0 Å². The summed E-state index contributed by atoms with van der Waals surface area (Å²) in [6.07, 6.45) is 4.58. The van der Waals surface area contributed by atoms with E-state index in [2.05, 4.69) is 51.7 Å². The van der Waals surface area contributed by atoms with Crippen LogP contribution >= 0.6 is 22.6 Å². The summed E-state index contributed by atoms with van der Waals surface area (Å²) in [6, 6.07) is 1.97. The highest BCUT2D eigenvalue weighted by Gasteiger charge is 2.14. The first-order valence-electron chi connectivity index (χ1n) is 6.68. The summed E-state index contributed by atoms with van der Waals surface area (Å²) in [5.74, 6) is 2.22. The molecule has 0 aliphatic heterocycles. The molecule has 0 aromatic carbocycles. The molecular formula is C15H19IN4. The molecule has 4 nitrogen and oxygen atoms in total. The summed E-state index contributed by atoms with van der Waals surface area (Å²) in [7, 11) is 1.90. The van der Waals surface area contributed by atoms with Gasteiger partial charge in [0, 0.05) is 25.0 Å². The summed E-state index contributed by atoms with van der Waals surface area (Å²) in [4.78, 5) is 13.5. The van der Waals surface area contributed by atoms with Gasteiger partial charge in [-0.3, -0.25) is 4.98 Å².